The summed E-state index contributed by atoms with van der Waals surface area (Å²) >= 11 is 1.54. The van der Waals surface area contributed by atoms with Gasteiger partial charge in [-0.05, 0) is 118 Å². The topological polar surface area (TPSA) is 107 Å². The number of benzene rings is 3. The molecule has 3 aromatic carbocycles. The van der Waals surface area contributed by atoms with Gasteiger partial charge < -0.3 is 20.4 Å². The third kappa shape index (κ3) is 7.03. The van der Waals surface area contributed by atoms with Crippen LogP contribution in [0.1, 0.15) is 89.6 Å². The van der Waals surface area contributed by atoms with Crippen molar-refractivity contribution in [1.82, 2.24) is 25.4 Å². The zero-order valence-corrected chi connectivity index (χ0v) is 31.7. The van der Waals surface area contributed by atoms with E-state index in [-0.39, 0.29) is 29.7 Å². The van der Waals surface area contributed by atoms with Crippen molar-refractivity contribution in [1.29, 1.82) is 0 Å². The molecule has 9 nitrogen and oxygen atoms in total. The van der Waals surface area contributed by atoms with Crippen molar-refractivity contribution < 1.29 is 14.4 Å². The fourth-order valence-electron chi connectivity index (χ4n) is 9.09. The highest BCUT2D eigenvalue weighted by molar-refractivity contribution is 7.21. The molecular weight excluding hydrogens is 693 g/mol. The van der Waals surface area contributed by atoms with E-state index in [0.29, 0.717) is 31.2 Å². The molecule has 0 bridgehead atoms. The maximum atomic E-state index is 12.8. The summed E-state index contributed by atoms with van der Waals surface area (Å²) in [6.07, 6.45) is 5.73. The Morgan fingerprint density at radius 1 is 0.741 bits per heavy atom. The van der Waals surface area contributed by atoms with Gasteiger partial charge in [0.05, 0.1) is 22.8 Å². The monoisotopic (exact) mass is 740 g/mol. The third-order valence-corrected chi connectivity index (χ3v) is 13.5. The van der Waals surface area contributed by atoms with Crippen LogP contribution < -0.4 is 16.0 Å². The van der Waals surface area contributed by atoms with E-state index < -0.39 is 0 Å². The van der Waals surface area contributed by atoms with Gasteiger partial charge in [-0.3, -0.25) is 19.7 Å². The fraction of sp³-hybridized carbons (Fsp3) is 0.409. The summed E-state index contributed by atoms with van der Waals surface area (Å²) in [5.74, 6) is 0.610. The molecule has 4 aliphatic rings. The van der Waals surface area contributed by atoms with Gasteiger partial charge >= 0.3 is 0 Å². The molecular formula is C44H48N6O3S. The molecule has 4 aliphatic heterocycles. The highest BCUT2D eigenvalue weighted by Crippen LogP contribution is 2.41. The molecule has 2 atom stereocenters. The van der Waals surface area contributed by atoms with E-state index >= 15 is 0 Å². The number of rotatable bonds is 7. The number of aromatic nitrogens is 1. The van der Waals surface area contributed by atoms with E-state index in [0.717, 1.165) is 87.6 Å². The smallest absolute Gasteiger partial charge is 0.263 e. The van der Waals surface area contributed by atoms with Crippen LogP contribution in [0.15, 0.2) is 72.8 Å². The number of hydrogen-bond donors (Lipinski definition) is 3. The summed E-state index contributed by atoms with van der Waals surface area (Å²) in [6.45, 7) is 9.53. The van der Waals surface area contributed by atoms with Crippen LogP contribution in [0.25, 0.3) is 32.2 Å². The summed E-state index contributed by atoms with van der Waals surface area (Å²) in [5, 5.41) is 11.3. The molecule has 6 heterocycles. The molecule has 54 heavy (non-hydrogen) atoms. The summed E-state index contributed by atoms with van der Waals surface area (Å²) in [6, 6.07) is 26.2. The Hall–Kier alpha value is -4.64. The van der Waals surface area contributed by atoms with Gasteiger partial charge in [0.25, 0.3) is 5.91 Å². The largest absolute Gasteiger partial charge is 0.381 e. The van der Waals surface area contributed by atoms with Crippen LogP contribution in [0.4, 0.5) is 5.69 Å². The molecule has 2 aromatic heterocycles. The van der Waals surface area contributed by atoms with E-state index in [2.05, 4.69) is 98.5 Å². The van der Waals surface area contributed by atoms with Crippen LogP contribution in [0.5, 0.6) is 0 Å². The lowest BCUT2D eigenvalue weighted by Crippen LogP contribution is -2.41. The molecule has 3 fully saturated rings. The number of anilines is 1. The second kappa shape index (κ2) is 14.9. The summed E-state index contributed by atoms with van der Waals surface area (Å²) in [4.78, 5) is 47.8. The van der Waals surface area contributed by atoms with Crippen LogP contribution in [-0.2, 0) is 9.59 Å². The second-order valence-corrected chi connectivity index (χ2v) is 16.8. The van der Waals surface area contributed by atoms with Crippen molar-refractivity contribution in [2.24, 2.45) is 0 Å². The number of hydrogen-bond acceptors (Lipinski definition) is 8. The molecule has 10 heteroatoms. The van der Waals surface area contributed by atoms with Gasteiger partial charge in [0, 0.05) is 53.1 Å². The Labute approximate surface area is 320 Å². The summed E-state index contributed by atoms with van der Waals surface area (Å²) in [7, 11) is 0. The third-order valence-electron chi connectivity index (χ3n) is 12.3. The number of likely N-dealkylation sites (tertiary alicyclic amines) is 2. The zero-order valence-electron chi connectivity index (χ0n) is 30.9. The SMILES string of the molecule is C[C@@H]1CNc2c(sc3ccc4nc(-c5ccc(C6CCN(CCN7CCC(c8ccc(C9CCC(=O)NC9=O)cc8)CC7)CC6)cc5)ccc4c23)C(=O)N1. The first-order chi connectivity index (χ1) is 26.4. The number of fused-ring (bicyclic) bond motifs is 5. The Kier molecular flexibility index (Phi) is 9.67. The van der Waals surface area contributed by atoms with Crippen molar-refractivity contribution in [2.45, 2.75) is 69.2 Å². The van der Waals surface area contributed by atoms with Crippen LogP contribution in [0.2, 0.25) is 0 Å². The number of piperidine rings is 3. The van der Waals surface area contributed by atoms with Gasteiger partial charge in [0.2, 0.25) is 11.8 Å². The Morgan fingerprint density at radius 3 is 2.02 bits per heavy atom. The van der Waals surface area contributed by atoms with Crippen molar-refractivity contribution in [2.75, 3.05) is 51.1 Å². The van der Waals surface area contributed by atoms with Crippen LogP contribution >= 0.6 is 11.3 Å². The average Bonchev–Trinajstić information content (AvgIpc) is 3.52. The lowest BCUT2D eigenvalue weighted by Gasteiger charge is -2.36. The molecule has 9 rings (SSSR count). The molecule has 5 aromatic rings. The van der Waals surface area contributed by atoms with E-state index in [9.17, 15) is 14.4 Å². The van der Waals surface area contributed by atoms with Crippen molar-refractivity contribution in [3.05, 3.63) is 94.4 Å². The Balaban J connectivity index is 0.755. The maximum absolute atomic E-state index is 12.8. The van der Waals surface area contributed by atoms with Crippen LogP contribution in [-0.4, -0.2) is 84.4 Å². The number of carbonyl (C=O) groups is 3. The zero-order chi connectivity index (χ0) is 36.8. The number of pyridine rings is 1. The molecule has 0 saturated carbocycles. The standard InChI is InChI=1S/C44H48N6O3S/c1-27-26-45-41-40-35-10-12-36(47-37(35)13-14-38(40)54-42(41)44(53)46-27)33-8-4-29(5-9-33)31-18-22-50(23-19-31)25-24-49-20-16-30(17-21-49)28-2-6-32(7-3-28)34-11-15-39(51)48-43(34)52/h2-10,12-14,27,30-31,34,45H,11,15-26H2,1H3,(H,46,53)(H,48,51,52)/t27-,34?/m1/s1. The number of amides is 3. The normalized spacial score (nSPS) is 22.1. The minimum Gasteiger partial charge on any atom is -0.381 e. The molecule has 0 spiro atoms. The van der Waals surface area contributed by atoms with Crippen molar-refractivity contribution in [3.8, 4) is 11.3 Å². The first-order valence-corrected chi connectivity index (χ1v) is 20.6. The molecule has 3 N–H and O–H groups in total. The van der Waals surface area contributed by atoms with Crippen LogP contribution in [0.3, 0.4) is 0 Å². The number of thiophene rings is 1. The molecule has 3 saturated heterocycles. The van der Waals surface area contributed by atoms with Gasteiger partial charge in [-0.2, -0.15) is 0 Å². The molecule has 1 unspecified atom stereocenters. The molecule has 0 radical (unpaired) electrons. The summed E-state index contributed by atoms with van der Waals surface area (Å²) in [5.41, 5.74) is 7.78. The fourth-order valence-corrected chi connectivity index (χ4v) is 10.2. The number of imide groups is 1. The first-order valence-electron chi connectivity index (χ1n) is 19.8. The molecule has 0 aliphatic carbocycles. The van der Waals surface area contributed by atoms with Crippen molar-refractivity contribution in [3.63, 3.8) is 0 Å². The summed E-state index contributed by atoms with van der Waals surface area (Å²) < 4.78 is 1.10. The Morgan fingerprint density at radius 2 is 1.37 bits per heavy atom. The minimum absolute atomic E-state index is 0.00496. The Bertz CT molecular complexity index is 2200. The lowest BCUT2D eigenvalue weighted by atomic mass is 9.86. The number of carbonyl (C=O) groups excluding carboxylic acids is 3. The van der Waals surface area contributed by atoms with E-state index in [1.807, 2.05) is 6.92 Å². The van der Waals surface area contributed by atoms with Gasteiger partial charge in [-0.15, -0.1) is 11.3 Å². The van der Waals surface area contributed by atoms with E-state index in [1.54, 1.807) is 11.3 Å². The van der Waals surface area contributed by atoms with E-state index in [4.69, 9.17) is 4.98 Å². The van der Waals surface area contributed by atoms with Gasteiger partial charge in [-0.25, -0.2) is 4.98 Å². The predicted octanol–water partition coefficient (Wildman–Crippen LogP) is 7.24. The number of nitrogens with one attached hydrogen (secondary N) is 3. The highest BCUT2D eigenvalue weighted by atomic mass is 32.1. The van der Waals surface area contributed by atoms with Crippen molar-refractivity contribution >= 4 is 55.7 Å². The van der Waals surface area contributed by atoms with Gasteiger partial charge in [-0.1, -0.05) is 48.5 Å². The first kappa shape index (κ1) is 35.1. The van der Waals surface area contributed by atoms with Gasteiger partial charge in [0.1, 0.15) is 4.88 Å². The average molecular weight is 741 g/mol. The molecule has 278 valence electrons. The minimum atomic E-state index is -0.214. The predicted molar refractivity (Wildman–Crippen MR) is 216 cm³/mol. The number of nitrogens with zero attached hydrogens (tertiary/aromatic N) is 3. The maximum Gasteiger partial charge on any atom is 0.263 e. The van der Waals surface area contributed by atoms with E-state index in [1.165, 1.54) is 36.8 Å². The van der Waals surface area contributed by atoms with Gasteiger partial charge in [0.15, 0.2) is 0 Å². The quantitative estimate of drug-likeness (QED) is 0.151. The second-order valence-electron chi connectivity index (χ2n) is 15.8. The van der Waals surface area contributed by atoms with Crippen LogP contribution in [0, 0.1) is 0 Å². The lowest BCUT2D eigenvalue weighted by molar-refractivity contribution is -0.134. The highest BCUT2D eigenvalue weighted by Gasteiger charge is 2.29. The molecule has 3 amide bonds.